The number of hydrogen-bond acceptors (Lipinski definition) is 0. The maximum Gasteiger partial charge on any atom is -0.0351 e. The SMILES string of the molecule is [CH2]CCC(CC)CCCC/C=C/CC. The van der Waals surface area contributed by atoms with E-state index in [4.69, 9.17) is 0 Å². The zero-order valence-electron chi connectivity index (χ0n) is 10.1. The molecule has 0 heterocycles. The van der Waals surface area contributed by atoms with Gasteiger partial charge in [0.15, 0.2) is 0 Å². The highest BCUT2D eigenvalue weighted by Crippen LogP contribution is 2.18. The summed E-state index contributed by atoms with van der Waals surface area (Å²) in [7, 11) is 0. The van der Waals surface area contributed by atoms with Gasteiger partial charge in [-0.25, -0.2) is 0 Å². The fourth-order valence-electron chi connectivity index (χ4n) is 1.82. The largest absolute Gasteiger partial charge is 0.0888 e. The highest BCUT2D eigenvalue weighted by atomic mass is 14.1. The van der Waals surface area contributed by atoms with E-state index in [2.05, 4.69) is 32.9 Å². The van der Waals surface area contributed by atoms with Crippen LogP contribution in [0.1, 0.15) is 65.2 Å². The summed E-state index contributed by atoms with van der Waals surface area (Å²) in [5.41, 5.74) is 0. The standard InChI is InChI=1S/C14H27/c1-4-7-8-9-10-11-13-14(6-3)12-5-2/h7-8,14H,2,4-6,9-13H2,1,3H3/b8-7+. The summed E-state index contributed by atoms with van der Waals surface area (Å²) in [5.74, 6) is 0.933. The van der Waals surface area contributed by atoms with E-state index in [1.54, 1.807) is 0 Å². The number of hydrogen-bond donors (Lipinski definition) is 0. The second-order valence-corrected chi connectivity index (χ2v) is 4.08. The van der Waals surface area contributed by atoms with Crippen LogP contribution in [0.4, 0.5) is 0 Å². The Morgan fingerprint density at radius 1 is 1.07 bits per heavy atom. The molecule has 1 radical (unpaired) electrons. The van der Waals surface area contributed by atoms with Crippen molar-refractivity contribution in [1.82, 2.24) is 0 Å². The van der Waals surface area contributed by atoms with E-state index in [-0.39, 0.29) is 0 Å². The van der Waals surface area contributed by atoms with Crippen LogP contribution in [0.15, 0.2) is 12.2 Å². The smallest absolute Gasteiger partial charge is 0.0351 e. The van der Waals surface area contributed by atoms with Crippen LogP contribution in [0.25, 0.3) is 0 Å². The van der Waals surface area contributed by atoms with E-state index in [1.165, 1.54) is 44.9 Å². The summed E-state index contributed by atoms with van der Waals surface area (Å²) in [5, 5.41) is 0. The molecule has 0 nitrogen and oxygen atoms in total. The number of allylic oxidation sites excluding steroid dienone is 2. The topological polar surface area (TPSA) is 0 Å². The van der Waals surface area contributed by atoms with Crippen LogP contribution in [0.5, 0.6) is 0 Å². The molecule has 0 aromatic heterocycles. The Kier molecular flexibility index (Phi) is 10.6. The zero-order chi connectivity index (χ0) is 10.6. The van der Waals surface area contributed by atoms with Crippen molar-refractivity contribution in [3.05, 3.63) is 19.1 Å². The number of rotatable bonds is 9. The molecule has 0 bridgehead atoms. The van der Waals surface area contributed by atoms with Crippen LogP contribution >= 0.6 is 0 Å². The third-order valence-corrected chi connectivity index (χ3v) is 2.83. The minimum absolute atomic E-state index is 0.933. The fourth-order valence-corrected chi connectivity index (χ4v) is 1.82. The van der Waals surface area contributed by atoms with Gasteiger partial charge in [-0.2, -0.15) is 0 Å². The molecule has 0 heteroatoms. The van der Waals surface area contributed by atoms with Crippen LogP contribution in [0.3, 0.4) is 0 Å². The van der Waals surface area contributed by atoms with Gasteiger partial charge in [0.25, 0.3) is 0 Å². The minimum atomic E-state index is 0.933. The fraction of sp³-hybridized carbons (Fsp3) is 0.786. The lowest BCUT2D eigenvalue weighted by molar-refractivity contribution is 0.421. The van der Waals surface area contributed by atoms with Gasteiger partial charge in [-0.1, -0.05) is 65.0 Å². The van der Waals surface area contributed by atoms with Gasteiger partial charge in [0, 0.05) is 0 Å². The van der Waals surface area contributed by atoms with Crippen molar-refractivity contribution in [2.45, 2.75) is 65.2 Å². The molecule has 14 heavy (non-hydrogen) atoms. The molecule has 0 fully saturated rings. The Bertz CT molecular complexity index is 124. The second-order valence-electron chi connectivity index (χ2n) is 4.08. The van der Waals surface area contributed by atoms with E-state index >= 15 is 0 Å². The van der Waals surface area contributed by atoms with Crippen LogP contribution in [-0.4, -0.2) is 0 Å². The van der Waals surface area contributed by atoms with Crippen molar-refractivity contribution in [1.29, 1.82) is 0 Å². The third kappa shape index (κ3) is 8.34. The predicted molar refractivity (Wildman–Crippen MR) is 66.3 cm³/mol. The van der Waals surface area contributed by atoms with E-state index in [9.17, 15) is 0 Å². The lowest BCUT2D eigenvalue weighted by Crippen LogP contribution is -1.97. The van der Waals surface area contributed by atoms with Crippen molar-refractivity contribution in [2.24, 2.45) is 5.92 Å². The van der Waals surface area contributed by atoms with Crippen LogP contribution in [0, 0.1) is 12.8 Å². The Hall–Kier alpha value is -0.260. The van der Waals surface area contributed by atoms with Crippen LogP contribution < -0.4 is 0 Å². The summed E-state index contributed by atoms with van der Waals surface area (Å²) in [4.78, 5) is 0. The van der Waals surface area contributed by atoms with Crippen LogP contribution in [0.2, 0.25) is 0 Å². The highest BCUT2D eigenvalue weighted by molar-refractivity contribution is 4.79. The monoisotopic (exact) mass is 195 g/mol. The second kappa shape index (κ2) is 10.8. The van der Waals surface area contributed by atoms with E-state index in [0.29, 0.717) is 0 Å². The maximum absolute atomic E-state index is 3.93. The molecular weight excluding hydrogens is 168 g/mol. The maximum atomic E-state index is 3.93. The Labute approximate surface area is 90.8 Å². The summed E-state index contributed by atoms with van der Waals surface area (Å²) in [6.45, 7) is 8.43. The first kappa shape index (κ1) is 13.7. The molecule has 0 aliphatic rings. The van der Waals surface area contributed by atoms with Crippen molar-refractivity contribution < 1.29 is 0 Å². The van der Waals surface area contributed by atoms with Crippen LogP contribution in [-0.2, 0) is 0 Å². The van der Waals surface area contributed by atoms with Gasteiger partial charge in [-0.3, -0.25) is 0 Å². The Morgan fingerprint density at radius 3 is 2.43 bits per heavy atom. The highest BCUT2D eigenvalue weighted by Gasteiger charge is 2.03. The molecule has 0 aliphatic carbocycles. The van der Waals surface area contributed by atoms with Crippen molar-refractivity contribution in [3.63, 3.8) is 0 Å². The molecule has 1 atom stereocenters. The first-order valence-corrected chi connectivity index (χ1v) is 6.29. The van der Waals surface area contributed by atoms with Gasteiger partial charge in [0.2, 0.25) is 0 Å². The van der Waals surface area contributed by atoms with Crippen molar-refractivity contribution >= 4 is 0 Å². The average Bonchev–Trinajstić information content (AvgIpc) is 2.21. The third-order valence-electron chi connectivity index (χ3n) is 2.83. The molecule has 0 saturated heterocycles. The van der Waals surface area contributed by atoms with Gasteiger partial charge in [-0.05, 0) is 25.2 Å². The lowest BCUT2D eigenvalue weighted by Gasteiger charge is -2.12. The van der Waals surface area contributed by atoms with Gasteiger partial charge < -0.3 is 0 Å². The van der Waals surface area contributed by atoms with Gasteiger partial charge in [0.05, 0.1) is 0 Å². The molecule has 0 saturated carbocycles. The molecule has 0 aromatic carbocycles. The van der Waals surface area contributed by atoms with Gasteiger partial charge in [-0.15, -0.1) is 0 Å². The normalized spacial score (nSPS) is 13.6. The lowest BCUT2D eigenvalue weighted by atomic mass is 9.94. The molecule has 0 aromatic rings. The van der Waals surface area contributed by atoms with E-state index in [0.717, 1.165) is 12.3 Å². The molecular formula is C14H27. The Morgan fingerprint density at radius 2 is 1.86 bits per heavy atom. The summed E-state index contributed by atoms with van der Waals surface area (Å²) < 4.78 is 0. The number of unbranched alkanes of at least 4 members (excludes halogenated alkanes) is 2. The average molecular weight is 195 g/mol. The quantitative estimate of drug-likeness (QED) is 0.352. The van der Waals surface area contributed by atoms with Crippen molar-refractivity contribution in [3.8, 4) is 0 Å². The summed E-state index contributed by atoms with van der Waals surface area (Å²) in [6.07, 6.45) is 15.0. The van der Waals surface area contributed by atoms with Gasteiger partial charge >= 0.3 is 0 Å². The molecule has 0 rings (SSSR count). The molecule has 0 aliphatic heterocycles. The summed E-state index contributed by atoms with van der Waals surface area (Å²) in [6, 6.07) is 0. The van der Waals surface area contributed by atoms with E-state index in [1.807, 2.05) is 0 Å². The molecule has 0 N–H and O–H groups in total. The molecule has 0 spiro atoms. The van der Waals surface area contributed by atoms with Crippen molar-refractivity contribution in [2.75, 3.05) is 0 Å². The predicted octanol–water partition coefficient (Wildman–Crippen LogP) is 5.15. The Balaban J connectivity index is 3.28. The first-order chi connectivity index (χ1) is 6.85. The van der Waals surface area contributed by atoms with E-state index < -0.39 is 0 Å². The minimum Gasteiger partial charge on any atom is -0.0888 e. The van der Waals surface area contributed by atoms with Gasteiger partial charge in [0.1, 0.15) is 0 Å². The first-order valence-electron chi connectivity index (χ1n) is 6.29. The zero-order valence-corrected chi connectivity index (χ0v) is 10.1. The molecule has 1 unspecified atom stereocenters. The molecule has 0 amide bonds. The summed E-state index contributed by atoms with van der Waals surface area (Å²) >= 11 is 0. The molecule has 83 valence electrons.